The summed E-state index contributed by atoms with van der Waals surface area (Å²) in [4.78, 5) is 32.8. The lowest BCUT2D eigenvalue weighted by atomic mass is 9.93. The van der Waals surface area contributed by atoms with Crippen LogP contribution in [-0.2, 0) is 9.59 Å². The third kappa shape index (κ3) is 4.13. The summed E-state index contributed by atoms with van der Waals surface area (Å²) < 4.78 is 0.925. The summed E-state index contributed by atoms with van der Waals surface area (Å²) in [5, 5.41) is 12.2. The van der Waals surface area contributed by atoms with E-state index in [1.165, 1.54) is 16.2 Å². The predicted octanol–water partition coefficient (Wildman–Crippen LogP) is 7.01. The standard InChI is InChI=1S/C28H23ClN2O3S/c1-15(2)17-5-7-18(8-6-17)24-23(25(32)19-9-11-20(29)12-10-19)26(33)27(34)31(24)28-30-21-13-4-16(3)14-22(21)35-28/h4-15,24,32H,1-3H3/t24-/m1/s1. The molecule has 0 spiro atoms. The number of amides is 1. The molecule has 0 bridgehead atoms. The van der Waals surface area contributed by atoms with Gasteiger partial charge in [-0.3, -0.25) is 14.5 Å². The number of rotatable bonds is 4. The monoisotopic (exact) mass is 502 g/mol. The van der Waals surface area contributed by atoms with Crippen molar-refractivity contribution < 1.29 is 14.7 Å². The molecule has 4 aromatic rings. The maximum Gasteiger partial charge on any atom is 0.301 e. The molecule has 3 aromatic carbocycles. The minimum absolute atomic E-state index is 0.0325. The number of aryl methyl sites for hydroxylation is 1. The van der Waals surface area contributed by atoms with Gasteiger partial charge in [0.05, 0.1) is 21.8 Å². The highest BCUT2D eigenvalue weighted by atomic mass is 35.5. The molecule has 7 heteroatoms. The van der Waals surface area contributed by atoms with E-state index in [-0.39, 0.29) is 11.3 Å². The number of aliphatic hydroxyl groups excluding tert-OH is 1. The van der Waals surface area contributed by atoms with Crippen LogP contribution in [0.15, 0.2) is 72.3 Å². The van der Waals surface area contributed by atoms with Crippen molar-refractivity contribution in [3.63, 3.8) is 0 Å². The van der Waals surface area contributed by atoms with Crippen LogP contribution >= 0.6 is 22.9 Å². The molecule has 1 fully saturated rings. The molecule has 1 aromatic heterocycles. The largest absolute Gasteiger partial charge is 0.507 e. The second kappa shape index (κ2) is 8.95. The number of aliphatic hydroxyl groups is 1. The second-order valence-corrected chi connectivity index (χ2v) is 10.4. The van der Waals surface area contributed by atoms with Crippen LogP contribution in [0.1, 0.15) is 48.1 Å². The SMILES string of the molecule is Cc1ccc2nc(N3C(=O)C(=O)C(=C(O)c4ccc(Cl)cc4)[C@H]3c3ccc(C(C)C)cc3)sc2c1. The molecule has 1 aliphatic rings. The molecule has 1 amide bonds. The van der Waals surface area contributed by atoms with E-state index in [0.717, 1.165) is 26.9 Å². The van der Waals surface area contributed by atoms with E-state index in [4.69, 9.17) is 11.6 Å². The van der Waals surface area contributed by atoms with E-state index in [1.807, 2.05) is 49.4 Å². The van der Waals surface area contributed by atoms with E-state index in [9.17, 15) is 14.7 Å². The number of fused-ring (bicyclic) bond motifs is 1. The highest BCUT2D eigenvalue weighted by Crippen LogP contribution is 2.44. The molecule has 0 unspecified atom stereocenters. The molecule has 2 heterocycles. The maximum absolute atomic E-state index is 13.4. The van der Waals surface area contributed by atoms with E-state index < -0.39 is 17.7 Å². The number of nitrogens with zero attached hydrogens (tertiary/aromatic N) is 2. The average molecular weight is 503 g/mol. The van der Waals surface area contributed by atoms with Gasteiger partial charge in [-0.15, -0.1) is 0 Å². The molecule has 176 valence electrons. The Morgan fingerprint density at radius 1 is 1.03 bits per heavy atom. The Kier molecular flexibility index (Phi) is 5.95. The first kappa shape index (κ1) is 23.3. The number of hydrogen-bond donors (Lipinski definition) is 1. The Hall–Kier alpha value is -3.48. The minimum Gasteiger partial charge on any atom is -0.507 e. The molecule has 1 saturated heterocycles. The summed E-state index contributed by atoms with van der Waals surface area (Å²) in [5.41, 5.74) is 4.14. The number of thiazole rings is 1. The maximum atomic E-state index is 13.4. The fourth-order valence-electron chi connectivity index (χ4n) is 4.29. The average Bonchev–Trinajstić information content (AvgIpc) is 3.37. The van der Waals surface area contributed by atoms with Gasteiger partial charge in [-0.05, 0) is 65.9 Å². The van der Waals surface area contributed by atoms with Crippen molar-refractivity contribution in [2.24, 2.45) is 0 Å². The third-order valence-electron chi connectivity index (χ3n) is 6.22. The van der Waals surface area contributed by atoms with Gasteiger partial charge in [-0.1, -0.05) is 67.1 Å². The Labute approximate surface area is 212 Å². The summed E-state index contributed by atoms with van der Waals surface area (Å²) >= 11 is 7.36. The highest BCUT2D eigenvalue weighted by Gasteiger charge is 2.48. The summed E-state index contributed by atoms with van der Waals surface area (Å²) in [7, 11) is 0. The number of ketones is 1. The van der Waals surface area contributed by atoms with Crippen LogP contribution in [0, 0.1) is 6.92 Å². The van der Waals surface area contributed by atoms with Gasteiger partial charge in [0, 0.05) is 10.6 Å². The molecule has 0 aliphatic carbocycles. The van der Waals surface area contributed by atoms with Crippen LogP contribution < -0.4 is 4.90 Å². The van der Waals surface area contributed by atoms with Crippen LogP contribution in [0.3, 0.4) is 0 Å². The molecular formula is C28H23ClN2O3S. The number of anilines is 1. The smallest absolute Gasteiger partial charge is 0.301 e. The lowest BCUT2D eigenvalue weighted by molar-refractivity contribution is -0.132. The van der Waals surface area contributed by atoms with Gasteiger partial charge in [0.15, 0.2) is 5.13 Å². The Balaban J connectivity index is 1.71. The van der Waals surface area contributed by atoms with Crippen LogP contribution in [-0.4, -0.2) is 21.8 Å². The fraction of sp³-hybridized carbons (Fsp3) is 0.179. The first-order valence-electron chi connectivity index (χ1n) is 11.3. The topological polar surface area (TPSA) is 70.5 Å². The van der Waals surface area contributed by atoms with Crippen molar-refractivity contribution in [1.82, 2.24) is 4.98 Å². The van der Waals surface area contributed by atoms with Crippen molar-refractivity contribution in [3.05, 3.63) is 99.6 Å². The Bertz CT molecular complexity index is 1490. The summed E-state index contributed by atoms with van der Waals surface area (Å²) in [6, 6.07) is 19.4. The van der Waals surface area contributed by atoms with E-state index in [1.54, 1.807) is 24.3 Å². The van der Waals surface area contributed by atoms with Crippen molar-refractivity contribution in [2.75, 3.05) is 4.90 Å². The van der Waals surface area contributed by atoms with Crippen molar-refractivity contribution in [2.45, 2.75) is 32.7 Å². The lowest BCUT2D eigenvalue weighted by Crippen LogP contribution is -2.29. The van der Waals surface area contributed by atoms with Crippen LogP contribution in [0.25, 0.3) is 16.0 Å². The van der Waals surface area contributed by atoms with Crippen LogP contribution in [0.5, 0.6) is 0 Å². The first-order valence-corrected chi connectivity index (χ1v) is 12.5. The van der Waals surface area contributed by atoms with Gasteiger partial charge in [0.25, 0.3) is 5.78 Å². The van der Waals surface area contributed by atoms with E-state index in [2.05, 4.69) is 18.8 Å². The van der Waals surface area contributed by atoms with Crippen molar-refractivity contribution >= 4 is 55.7 Å². The molecule has 1 atom stereocenters. The molecule has 1 aliphatic heterocycles. The summed E-state index contributed by atoms with van der Waals surface area (Å²) in [5.74, 6) is -1.37. The van der Waals surface area contributed by atoms with Gasteiger partial charge in [-0.25, -0.2) is 4.98 Å². The summed E-state index contributed by atoms with van der Waals surface area (Å²) in [6.07, 6.45) is 0. The normalized spacial score (nSPS) is 17.6. The van der Waals surface area contributed by atoms with E-state index >= 15 is 0 Å². The number of aromatic nitrogens is 1. The van der Waals surface area contributed by atoms with Crippen molar-refractivity contribution in [1.29, 1.82) is 0 Å². The molecular weight excluding hydrogens is 480 g/mol. The van der Waals surface area contributed by atoms with Crippen LogP contribution in [0.2, 0.25) is 5.02 Å². The summed E-state index contributed by atoms with van der Waals surface area (Å²) in [6.45, 7) is 6.20. The third-order valence-corrected chi connectivity index (χ3v) is 7.49. The predicted molar refractivity (Wildman–Crippen MR) is 141 cm³/mol. The van der Waals surface area contributed by atoms with Gasteiger partial charge < -0.3 is 5.11 Å². The van der Waals surface area contributed by atoms with E-state index in [0.29, 0.717) is 21.6 Å². The quantitative estimate of drug-likeness (QED) is 0.185. The first-order chi connectivity index (χ1) is 16.7. The Morgan fingerprint density at radius 2 is 1.71 bits per heavy atom. The zero-order valence-corrected chi connectivity index (χ0v) is 21.0. The number of Topliss-reactive ketones (excluding diaryl/α,β-unsaturated/α-hetero) is 1. The molecule has 5 nitrogen and oxygen atoms in total. The minimum atomic E-state index is -0.812. The molecule has 1 N–H and O–H groups in total. The second-order valence-electron chi connectivity index (χ2n) is 8.96. The van der Waals surface area contributed by atoms with Gasteiger partial charge in [-0.2, -0.15) is 0 Å². The zero-order valence-electron chi connectivity index (χ0n) is 19.4. The van der Waals surface area contributed by atoms with Gasteiger partial charge >= 0.3 is 5.91 Å². The van der Waals surface area contributed by atoms with Gasteiger partial charge in [0.2, 0.25) is 0 Å². The lowest BCUT2D eigenvalue weighted by Gasteiger charge is -2.23. The highest BCUT2D eigenvalue weighted by molar-refractivity contribution is 7.22. The number of carbonyl (C=O) groups excluding carboxylic acids is 2. The zero-order chi connectivity index (χ0) is 24.9. The van der Waals surface area contributed by atoms with Crippen LogP contribution in [0.4, 0.5) is 5.13 Å². The number of hydrogen-bond acceptors (Lipinski definition) is 5. The fourth-order valence-corrected chi connectivity index (χ4v) is 5.51. The molecule has 35 heavy (non-hydrogen) atoms. The van der Waals surface area contributed by atoms with Crippen molar-refractivity contribution in [3.8, 4) is 0 Å². The molecule has 0 radical (unpaired) electrons. The number of halogens is 1. The number of carbonyl (C=O) groups is 2. The molecule has 5 rings (SSSR count). The van der Waals surface area contributed by atoms with Gasteiger partial charge in [0.1, 0.15) is 5.76 Å². The Morgan fingerprint density at radius 3 is 2.37 bits per heavy atom. The number of benzene rings is 3. The molecule has 0 saturated carbocycles.